The van der Waals surface area contributed by atoms with Crippen molar-refractivity contribution in [1.82, 2.24) is 23.2 Å². The molecule has 6 rings (SSSR count). The van der Waals surface area contributed by atoms with Crippen LogP contribution in [0.1, 0.15) is 24.9 Å². The molecule has 3 heterocycles. The van der Waals surface area contributed by atoms with Gasteiger partial charge in [0, 0.05) is 50.3 Å². The average Bonchev–Trinajstić information content (AvgIpc) is 3.65. The van der Waals surface area contributed by atoms with Crippen LogP contribution in [0.2, 0.25) is 5.02 Å². The molecule has 0 spiro atoms. The molecule has 2 aliphatic heterocycles. The van der Waals surface area contributed by atoms with E-state index >= 15 is 0 Å². The number of fused-ring (bicyclic) bond motifs is 1. The third kappa shape index (κ3) is 5.53. The summed E-state index contributed by atoms with van der Waals surface area (Å²) in [6.45, 7) is 8.23. The average molecular weight is 638 g/mol. The van der Waals surface area contributed by atoms with Crippen LogP contribution < -0.4 is 10.4 Å². The Hall–Kier alpha value is -3.64. The molecule has 232 valence electrons. The third-order valence-corrected chi connectivity index (χ3v) is 10.8. The van der Waals surface area contributed by atoms with Crippen LogP contribution in [0.5, 0.6) is 5.75 Å². The first-order valence-electron chi connectivity index (χ1n) is 14.8. The second kappa shape index (κ2) is 12.4. The minimum absolute atomic E-state index is 0.0810. The van der Waals surface area contributed by atoms with Crippen LogP contribution >= 0.6 is 11.6 Å². The zero-order chi connectivity index (χ0) is 31.0. The van der Waals surface area contributed by atoms with Gasteiger partial charge in [0.15, 0.2) is 0 Å². The summed E-state index contributed by atoms with van der Waals surface area (Å²) in [5.41, 5.74) is 0.137. The molecule has 0 radical (unpaired) electrons. The number of imidazole rings is 1. The SMILES string of the molecule is CCN1CCN(C2CCN(C(=O)C(c3ccccc3)n3c(=O)n(S(=O)(=O)c4ccc(OC)cc4)c4ccc(Cl)cc43)C2)CC1. The van der Waals surface area contributed by atoms with E-state index in [9.17, 15) is 18.0 Å². The number of ether oxygens (including phenoxy) is 1. The van der Waals surface area contributed by atoms with E-state index in [-0.39, 0.29) is 27.9 Å². The fourth-order valence-corrected chi connectivity index (χ4v) is 7.96. The van der Waals surface area contributed by atoms with E-state index in [1.165, 1.54) is 48.1 Å². The third-order valence-electron chi connectivity index (χ3n) is 8.85. The van der Waals surface area contributed by atoms with Gasteiger partial charge in [-0.15, -0.1) is 0 Å². The predicted molar refractivity (Wildman–Crippen MR) is 170 cm³/mol. The fraction of sp³-hybridized carbons (Fsp3) is 0.375. The van der Waals surface area contributed by atoms with Crippen molar-refractivity contribution in [2.45, 2.75) is 30.3 Å². The number of likely N-dealkylation sites (tertiary alicyclic amines) is 1. The van der Waals surface area contributed by atoms with Gasteiger partial charge in [0.1, 0.15) is 11.8 Å². The number of nitrogens with zero attached hydrogens (tertiary/aromatic N) is 5. The highest BCUT2D eigenvalue weighted by Crippen LogP contribution is 2.31. The van der Waals surface area contributed by atoms with Gasteiger partial charge >= 0.3 is 5.69 Å². The van der Waals surface area contributed by atoms with Crippen molar-refractivity contribution in [2.24, 2.45) is 0 Å². The highest BCUT2D eigenvalue weighted by molar-refractivity contribution is 7.90. The summed E-state index contributed by atoms with van der Waals surface area (Å²) >= 11 is 6.41. The molecule has 12 heteroatoms. The number of benzene rings is 3. The van der Waals surface area contributed by atoms with E-state index in [1.807, 2.05) is 11.0 Å². The normalized spacial score (nSPS) is 19.0. The number of rotatable bonds is 8. The molecule has 4 aromatic rings. The molecule has 44 heavy (non-hydrogen) atoms. The molecule has 2 saturated heterocycles. The van der Waals surface area contributed by atoms with E-state index in [0.717, 1.165) is 43.1 Å². The first kappa shape index (κ1) is 30.4. The van der Waals surface area contributed by atoms with Crippen molar-refractivity contribution in [2.75, 3.05) is 52.9 Å². The lowest BCUT2D eigenvalue weighted by Gasteiger charge is -2.37. The molecule has 10 nitrogen and oxygen atoms in total. The molecular weight excluding hydrogens is 602 g/mol. The molecule has 2 fully saturated rings. The molecule has 2 atom stereocenters. The van der Waals surface area contributed by atoms with Gasteiger partial charge in [-0.05, 0) is 61.0 Å². The number of amides is 1. The van der Waals surface area contributed by atoms with E-state index in [0.29, 0.717) is 29.4 Å². The second-order valence-electron chi connectivity index (χ2n) is 11.2. The maximum atomic E-state index is 14.5. The number of hydrogen-bond acceptors (Lipinski definition) is 7. The minimum Gasteiger partial charge on any atom is -0.497 e. The predicted octanol–water partition coefficient (Wildman–Crippen LogP) is 3.53. The Morgan fingerprint density at radius 1 is 0.955 bits per heavy atom. The van der Waals surface area contributed by atoms with Gasteiger partial charge in [-0.3, -0.25) is 14.3 Å². The van der Waals surface area contributed by atoms with E-state index < -0.39 is 21.8 Å². The molecule has 1 amide bonds. The van der Waals surface area contributed by atoms with Crippen molar-refractivity contribution in [3.05, 3.63) is 93.9 Å². The van der Waals surface area contributed by atoms with Gasteiger partial charge in [0.2, 0.25) is 0 Å². The number of likely N-dealkylation sites (N-methyl/N-ethyl adjacent to an activating group) is 1. The Labute approximate surface area is 262 Å². The van der Waals surface area contributed by atoms with Gasteiger partial charge in [0.05, 0.1) is 23.0 Å². The topological polar surface area (TPSA) is 97.1 Å². The molecule has 0 bridgehead atoms. The number of piperazine rings is 1. The summed E-state index contributed by atoms with van der Waals surface area (Å²) < 4.78 is 35.2. The fourth-order valence-electron chi connectivity index (χ4n) is 6.40. The van der Waals surface area contributed by atoms with Crippen LogP contribution in [-0.2, 0) is 14.8 Å². The molecule has 3 aromatic carbocycles. The molecule has 0 saturated carbocycles. The molecule has 0 aliphatic carbocycles. The highest BCUT2D eigenvalue weighted by atomic mass is 35.5. The van der Waals surface area contributed by atoms with Gasteiger partial charge in [-0.2, -0.15) is 3.97 Å². The molecule has 2 aliphatic rings. The van der Waals surface area contributed by atoms with Gasteiger partial charge in [-0.25, -0.2) is 13.2 Å². The Bertz CT molecular complexity index is 1820. The van der Waals surface area contributed by atoms with Crippen LogP contribution in [0.25, 0.3) is 11.0 Å². The maximum absolute atomic E-state index is 14.5. The first-order valence-corrected chi connectivity index (χ1v) is 16.7. The van der Waals surface area contributed by atoms with Crippen LogP contribution in [0.4, 0.5) is 0 Å². The van der Waals surface area contributed by atoms with E-state index in [2.05, 4.69) is 16.7 Å². The first-order chi connectivity index (χ1) is 21.2. The number of hydrogen-bond donors (Lipinski definition) is 0. The largest absolute Gasteiger partial charge is 0.497 e. The Kier molecular flexibility index (Phi) is 8.56. The summed E-state index contributed by atoms with van der Waals surface area (Å²) in [6.07, 6.45) is 0.841. The summed E-state index contributed by atoms with van der Waals surface area (Å²) in [5.74, 6) is 0.227. The Balaban J connectivity index is 1.43. The van der Waals surface area contributed by atoms with Gasteiger partial charge in [0.25, 0.3) is 15.9 Å². The highest BCUT2D eigenvalue weighted by Gasteiger charge is 2.38. The summed E-state index contributed by atoms with van der Waals surface area (Å²) in [4.78, 5) is 35.4. The summed E-state index contributed by atoms with van der Waals surface area (Å²) in [6, 6.07) is 18.6. The number of halogens is 1. The van der Waals surface area contributed by atoms with Crippen LogP contribution in [0.3, 0.4) is 0 Å². The lowest BCUT2D eigenvalue weighted by molar-refractivity contribution is -0.132. The molecule has 0 N–H and O–H groups in total. The van der Waals surface area contributed by atoms with Crippen molar-refractivity contribution < 1.29 is 17.9 Å². The van der Waals surface area contributed by atoms with Crippen LogP contribution in [0.15, 0.2) is 82.5 Å². The number of aromatic nitrogens is 2. The zero-order valence-electron chi connectivity index (χ0n) is 24.8. The van der Waals surface area contributed by atoms with Gasteiger partial charge < -0.3 is 14.5 Å². The van der Waals surface area contributed by atoms with Crippen molar-refractivity contribution >= 4 is 38.6 Å². The number of methoxy groups -OCH3 is 1. The van der Waals surface area contributed by atoms with Crippen LogP contribution in [0, 0.1) is 0 Å². The summed E-state index contributed by atoms with van der Waals surface area (Å²) in [7, 11) is -2.87. The monoisotopic (exact) mass is 637 g/mol. The Morgan fingerprint density at radius 3 is 2.32 bits per heavy atom. The second-order valence-corrected chi connectivity index (χ2v) is 13.5. The van der Waals surface area contributed by atoms with Crippen molar-refractivity contribution in [1.29, 1.82) is 0 Å². The lowest BCUT2D eigenvalue weighted by Crippen LogP contribution is -2.51. The quantitative estimate of drug-likeness (QED) is 0.292. The molecule has 1 aromatic heterocycles. The standard InChI is InChI=1S/C32H36ClN5O5S/c1-3-34-17-19-35(20-18-34)25-15-16-36(22-25)31(39)30(23-7-5-4-6-8-23)37-29-21-24(33)9-14-28(29)38(32(37)40)44(41,42)27-12-10-26(43-2)11-13-27/h4-14,21,25,30H,3,15-20,22H2,1-2H3. The maximum Gasteiger partial charge on any atom is 0.344 e. The zero-order valence-corrected chi connectivity index (χ0v) is 26.4. The number of carbonyl (C=O) groups excluding carboxylic acids is 1. The van der Waals surface area contributed by atoms with E-state index in [4.69, 9.17) is 16.3 Å². The molecule has 2 unspecified atom stereocenters. The number of carbonyl (C=O) groups is 1. The van der Waals surface area contributed by atoms with Gasteiger partial charge in [-0.1, -0.05) is 48.9 Å². The summed E-state index contributed by atoms with van der Waals surface area (Å²) in [5, 5.41) is 0.317. The lowest BCUT2D eigenvalue weighted by atomic mass is 10.0. The van der Waals surface area contributed by atoms with Crippen molar-refractivity contribution in [3.63, 3.8) is 0 Å². The minimum atomic E-state index is -4.35. The smallest absolute Gasteiger partial charge is 0.344 e. The van der Waals surface area contributed by atoms with Crippen LogP contribution in [-0.4, -0.2) is 96.5 Å². The van der Waals surface area contributed by atoms with E-state index in [1.54, 1.807) is 30.3 Å². The molecular formula is C32H36ClN5O5S. The van der Waals surface area contributed by atoms with Crippen molar-refractivity contribution in [3.8, 4) is 5.75 Å². The Morgan fingerprint density at radius 2 is 1.66 bits per heavy atom.